The molecule has 1 unspecified atom stereocenters. The van der Waals surface area contributed by atoms with Crippen molar-refractivity contribution in [3.8, 4) is 0 Å². The molecule has 0 aliphatic carbocycles. The molecule has 0 bridgehead atoms. The monoisotopic (exact) mass is 285 g/mol. The topological polar surface area (TPSA) is 12.0 Å². The molecule has 3 heteroatoms. The minimum absolute atomic E-state index is 0.107. The van der Waals surface area contributed by atoms with E-state index in [4.69, 9.17) is 0 Å². The number of halogens is 2. The number of fused-ring (bicyclic) bond motifs is 1. The average Bonchev–Trinajstić information content (AvgIpc) is 2.15. The Kier molecular flexibility index (Phi) is 2.99. The molecule has 1 aromatic rings. The first-order valence-corrected chi connectivity index (χ1v) is 6.41. The maximum atomic E-state index is 13.7. The Morgan fingerprint density at radius 1 is 1.38 bits per heavy atom. The van der Waals surface area contributed by atoms with Crippen molar-refractivity contribution in [2.45, 2.75) is 39.7 Å². The summed E-state index contributed by atoms with van der Waals surface area (Å²) in [5.41, 5.74) is 1.97. The molecule has 0 saturated heterocycles. The van der Waals surface area contributed by atoms with Crippen molar-refractivity contribution in [1.29, 1.82) is 0 Å². The molecule has 0 saturated carbocycles. The lowest BCUT2D eigenvalue weighted by molar-refractivity contribution is 0.319. The second-order valence-corrected chi connectivity index (χ2v) is 6.43. The first-order chi connectivity index (χ1) is 7.38. The van der Waals surface area contributed by atoms with E-state index < -0.39 is 0 Å². The number of benzene rings is 1. The van der Waals surface area contributed by atoms with Crippen LogP contribution >= 0.6 is 15.9 Å². The Labute approximate surface area is 105 Å². The average molecular weight is 286 g/mol. The summed E-state index contributed by atoms with van der Waals surface area (Å²) in [6.07, 6.45) is 1.82. The van der Waals surface area contributed by atoms with E-state index in [0.717, 1.165) is 28.6 Å². The van der Waals surface area contributed by atoms with Crippen LogP contribution in [0.2, 0.25) is 0 Å². The fourth-order valence-corrected chi connectivity index (χ4v) is 2.61. The highest BCUT2D eigenvalue weighted by atomic mass is 79.9. The van der Waals surface area contributed by atoms with Crippen LogP contribution in [0.25, 0.3) is 0 Å². The molecule has 1 N–H and O–H groups in total. The first-order valence-electron chi connectivity index (χ1n) is 5.62. The molecule has 0 spiro atoms. The summed E-state index contributed by atoms with van der Waals surface area (Å²) >= 11 is 3.33. The van der Waals surface area contributed by atoms with Crippen LogP contribution in [0.1, 0.15) is 32.8 Å². The van der Waals surface area contributed by atoms with Crippen molar-refractivity contribution in [3.05, 3.63) is 28.0 Å². The van der Waals surface area contributed by atoms with E-state index in [9.17, 15) is 4.39 Å². The van der Waals surface area contributed by atoms with Crippen LogP contribution in [0, 0.1) is 11.2 Å². The minimum Gasteiger partial charge on any atom is -0.381 e. The molecule has 0 fully saturated rings. The zero-order valence-corrected chi connectivity index (χ0v) is 11.5. The normalized spacial score (nSPS) is 20.2. The fraction of sp³-hybridized carbons (Fsp3) is 0.538. The molecule has 0 aromatic heterocycles. The van der Waals surface area contributed by atoms with E-state index in [1.165, 1.54) is 6.07 Å². The van der Waals surface area contributed by atoms with Gasteiger partial charge in [0.2, 0.25) is 0 Å². The lowest BCUT2D eigenvalue weighted by Crippen LogP contribution is -2.37. The molecule has 1 aliphatic heterocycles. The molecule has 1 nitrogen and oxygen atoms in total. The first kappa shape index (κ1) is 11.9. The predicted octanol–water partition coefficient (Wildman–Crippen LogP) is 4.36. The number of hydrogen-bond acceptors (Lipinski definition) is 1. The van der Waals surface area contributed by atoms with Gasteiger partial charge in [-0.25, -0.2) is 4.39 Å². The van der Waals surface area contributed by atoms with Gasteiger partial charge in [0, 0.05) is 21.8 Å². The van der Waals surface area contributed by atoms with Crippen molar-refractivity contribution in [2.24, 2.45) is 5.41 Å². The van der Waals surface area contributed by atoms with Crippen molar-refractivity contribution >= 4 is 21.6 Å². The van der Waals surface area contributed by atoms with Gasteiger partial charge in [-0.05, 0) is 30.4 Å². The fourth-order valence-electron chi connectivity index (χ4n) is 2.18. The lowest BCUT2D eigenvalue weighted by Gasteiger charge is -2.36. The predicted molar refractivity (Wildman–Crippen MR) is 69.3 cm³/mol. The number of nitrogens with one attached hydrogen (secondary N) is 1. The van der Waals surface area contributed by atoms with Crippen LogP contribution in [-0.2, 0) is 6.42 Å². The standard InChI is InChI=1S/C13H17BrFN/c1-13(2,3)12-5-4-9-10(15)6-8(14)7-11(9)16-12/h6-7,12,16H,4-5H2,1-3H3. The van der Waals surface area contributed by atoms with E-state index in [0.29, 0.717) is 6.04 Å². The van der Waals surface area contributed by atoms with Crippen LogP contribution < -0.4 is 5.32 Å². The quantitative estimate of drug-likeness (QED) is 0.747. The van der Waals surface area contributed by atoms with Crippen LogP contribution in [-0.4, -0.2) is 6.04 Å². The Bertz CT molecular complexity index is 409. The molecule has 0 amide bonds. The van der Waals surface area contributed by atoms with Gasteiger partial charge in [-0.2, -0.15) is 0 Å². The number of rotatable bonds is 0. The van der Waals surface area contributed by atoms with Gasteiger partial charge in [0.05, 0.1) is 0 Å². The molecule has 1 atom stereocenters. The Hall–Kier alpha value is -0.570. The second-order valence-electron chi connectivity index (χ2n) is 5.52. The smallest absolute Gasteiger partial charge is 0.129 e. The highest BCUT2D eigenvalue weighted by Gasteiger charge is 2.29. The maximum Gasteiger partial charge on any atom is 0.129 e. The van der Waals surface area contributed by atoms with Crippen LogP contribution in [0.3, 0.4) is 0 Å². The highest BCUT2D eigenvalue weighted by Crippen LogP contribution is 2.35. The second kappa shape index (κ2) is 4.02. The summed E-state index contributed by atoms with van der Waals surface area (Å²) in [5, 5.41) is 3.45. The van der Waals surface area contributed by atoms with E-state index in [1.54, 1.807) is 0 Å². The van der Waals surface area contributed by atoms with Crippen molar-refractivity contribution in [2.75, 3.05) is 5.32 Å². The van der Waals surface area contributed by atoms with Gasteiger partial charge in [0.15, 0.2) is 0 Å². The molecule has 1 aromatic carbocycles. The van der Waals surface area contributed by atoms with E-state index >= 15 is 0 Å². The zero-order valence-electron chi connectivity index (χ0n) is 9.90. The molecule has 88 valence electrons. The third kappa shape index (κ3) is 2.24. The summed E-state index contributed by atoms with van der Waals surface area (Å²) < 4.78 is 14.5. The maximum absolute atomic E-state index is 13.7. The van der Waals surface area contributed by atoms with Gasteiger partial charge in [-0.1, -0.05) is 36.7 Å². The van der Waals surface area contributed by atoms with Gasteiger partial charge in [0.25, 0.3) is 0 Å². The van der Waals surface area contributed by atoms with Crippen molar-refractivity contribution in [3.63, 3.8) is 0 Å². The summed E-state index contributed by atoms with van der Waals surface area (Å²) in [4.78, 5) is 0. The van der Waals surface area contributed by atoms with E-state index in [-0.39, 0.29) is 11.2 Å². The molecule has 0 radical (unpaired) electrons. The van der Waals surface area contributed by atoms with Crippen molar-refractivity contribution in [1.82, 2.24) is 0 Å². The Morgan fingerprint density at radius 3 is 2.69 bits per heavy atom. The van der Waals surface area contributed by atoms with Gasteiger partial charge in [0.1, 0.15) is 5.82 Å². The van der Waals surface area contributed by atoms with Crippen LogP contribution in [0.4, 0.5) is 10.1 Å². The Morgan fingerprint density at radius 2 is 2.06 bits per heavy atom. The molecular formula is C13H17BrFN. The Balaban J connectivity index is 2.34. The minimum atomic E-state index is -0.107. The molecular weight excluding hydrogens is 269 g/mol. The van der Waals surface area contributed by atoms with E-state index in [2.05, 4.69) is 42.0 Å². The van der Waals surface area contributed by atoms with Gasteiger partial charge >= 0.3 is 0 Å². The summed E-state index contributed by atoms with van der Waals surface area (Å²) in [5.74, 6) is -0.107. The third-order valence-corrected chi connectivity index (χ3v) is 3.68. The number of hydrogen-bond donors (Lipinski definition) is 1. The largest absolute Gasteiger partial charge is 0.381 e. The molecule has 1 aliphatic rings. The molecule has 2 rings (SSSR count). The van der Waals surface area contributed by atoms with Crippen molar-refractivity contribution < 1.29 is 4.39 Å². The third-order valence-electron chi connectivity index (χ3n) is 3.22. The zero-order chi connectivity index (χ0) is 11.9. The summed E-state index contributed by atoms with van der Waals surface area (Å²) in [6, 6.07) is 3.92. The summed E-state index contributed by atoms with van der Waals surface area (Å²) in [6.45, 7) is 6.64. The van der Waals surface area contributed by atoms with E-state index in [1.807, 2.05) is 6.07 Å². The number of anilines is 1. The molecule has 1 heterocycles. The van der Waals surface area contributed by atoms with Gasteiger partial charge in [-0.3, -0.25) is 0 Å². The SMILES string of the molecule is CC(C)(C)C1CCc2c(F)cc(Br)cc2N1. The summed E-state index contributed by atoms with van der Waals surface area (Å²) in [7, 11) is 0. The highest BCUT2D eigenvalue weighted by molar-refractivity contribution is 9.10. The van der Waals surface area contributed by atoms with Gasteiger partial charge < -0.3 is 5.32 Å². The van der Waals surface area contributed by atoms with Crippen LogP contribution in [0.15, 0.2) is 16.6 Å². The van der Waals surface area contributed by atoms with Gasteiger partial charge in [-0.15, -0.1) is 0 Å². The van der Waals surface area contributed by atoms with Crippen LogP contribution in [0.5, 0.6) is 0 Å². The molecule has 16 heavy (non-hydrogen) atoms. The lowest BCUT2D eigenvalue weighted by atomic mass is 9.81.